The Morgan fingerprint density at radius 3 is 2.26 bits per heavy atom. The minimum atomic E-state index is -0.881. The number of carbonyl (C=O) groups is 2. The number of benzene rings is 1. The maximum absolute atomic E-state index is 13.2. The largest absolute Gasteiger partial charge is 0.490 e. The van der Waals surface area contributed by atoms with Crippen molar-refractivity contribution in [3.63, 3.8) is 0 Å². The molecule has 0 radical (unpaired) electrons. The number of aryl methyl sites for hydroxylation is 3. The first-order valence-electron chi connectivity index (χ1n) is 12.4. The van der Waals surface area contributed by atoms with E-state index in [4.69, 9.17) is 9.84 Å². The standard InChI is InChI=1S/C28H41NO5S/c1-17(2)9-22-16-35-28(24(22)10-18(3)4)25(32)8-7-21-11-19(5)27(20(6)12-21)34-15-23(31)13-29-26(33)14-30/h11-12,16-18,23,30-31H,7-10,13-15H2,1-6H3,(H,29,33). The summed E-state index contributed by atoms with van der Waals surface area (Å²) in [7, 11) is 0. The van der Waals surface area contributed by atoms with Crippen molar-refractivity contribution in [2.45, 2.75) is 73.3 Å². The van der Waals surface area contributed by atoms with E-state index in [0.29, 0.717) is 30.4 Å². The van der Waals surface area contributed by atoms with E-state index in [2.05, 4.69) is 38.4 Å². The summed E-state index contributed by atoms with van der Waals surface area (Å²) >= 11 is 1.60. The van der Waals surface area contributed by atoms with Gasteiger partial charge in [-0.05, 0) is 78.1 Å². The highest BCUT2D eigenvalue weighted by Crippen LogP contribution is 2.30. The van der Waals surface area contributed by atoms with Crippen molar-refractivity contribution in [2.24, 2.45) is 11.8 Å². The average molecular weight is 504 g/mol. The van der Waals surface area contributed by atoms with Gasteiger partial charge in [0.2, 0.25) is 5.91 Å². The van der Waals surface area contributed by atoms with E-state index in [1.165, 1.54) is 11.1 Å². The maximum atomic E-state index is 13.2. The Labute approximate surface area is 213 Å². The highest BCUT2D eigenvalue weighted by atomic mass is 32.1. The first-order chi connectivity index (χ1) is 16.5. The topological polar surface area (TPSA) is 95.9 Å². The van der Waals surface area contributed by atoms with E-state index in [0.717, 1.165) is 34.4 Å². The third-order valence-electron chi connectivity index (χ3n) is 5.73. The Morgan fingerprint density at radius 2 is 1.69 bits per heavy atom. The van der Waals surface area contributed by atoms with Crippen LogP contribution in [0.4, 0.5) is 0 Å². The van der Waals surface area contributed by atoms with Crippen LogP contribution in [-0.4, -0.2) is 47.8 Å². The van der Waals surface area contributed by atoms with Crippen molar-refractivity contribution >= 4 is 23.0 Å². The zero-order valence-electron chi connectivity index (χ0n) is 21.9. The highest BCUT2D eigenvalue weighted by molar-refractivity contribution is 7.12. The lowest BCUT2D eigenvalue weighted by atomic mass is 9.93. The Hall–Kier alpha value is -2.22. The normalized spacial score (nSPS) is 12.3. The minimum absolute atomic E-state index is 0.0120. The third kappa shape index (κ3) is 9.06. The number of aliphatic hydroxyl groups excluding tert-OH is 2. The highest BCUT2D eigenvalue weighted by Gasteiger charge is 2.20. The molecule has 0 bridgehead atoms. The Balaban J connectivity index is 2.03. The SMILES string of the molecule is Cc1cc(CCC(=O)c2scc(CC(C)C)c2CC(C)C)cc(C)c1OCC(O)CNC(=O)CO. The number of hydrogen-bond donors (Lipinski definition) is 3. The van der Waals surface area contributed by atoms with Crippen LogP contribution in [0.1, 0.15) is 71.6 Å². The zero-order valence-corrected chi connectivity index (χ0v) is 22.8. The fourth-order valence-corrected chi connectivity index (χ4v) is 5.29. The lowest BCUT2D eigenvalue weighted by molar-refractivity contribution is -0.124. The first kappa shape index (κ1) is 29.0. The number of ether oxygens (including phenoxy) is 1. The van der Waals surface area contributed by atoms with Gasteiger partial charge < -0.3 is 20.3 Å². The molecule has 3 N–H and O–H groups in total. The maximum Gasteiger partial charge on any atom is 0.245 e. The molecule has 1 amide bonds. The number of thiophene rings is 1. The second-order valence-electron chi connectivity index (χ2n) is 10.2. The smallest absolute Gasteiger partial charge is 0.245 e. The van der Waals surface area contributed by atoms with Gasteiger partial charge in [0, 0.05) is 13.0 Å². The van der Waals surface area contributed by atoms with E-state index in [9.17, 15) is 14.7 Å². The average Bonchev–Trinajstić information content (AvgIpc) is 3.15. The summed E-state index contributed by atoms with van der Waals surface area (Å²) in [6.45, 7) is 12.2. The van der Waals surface area contributed by atoms with Crippen molar-refractivity contribution in [3.05, 3.63) is 50.2 Å². The molecule has 1 aromatic heterocycles. The monoisotopic (exact) mass is 503 g/mol. The lowest BCUT2D eigenvalue weighted by Crippen LogP contribution is -2.36. The van der Waals surface area contributed by atoms with Crippen molar-refractivity contribution in [2.75, 3.05) is 19.8 Å². The summed E-state index contributed by atoms with van der Waals surface area (Å²) in [5.41, 5.74) is 5.53. The van der Waals surface area contributed by atoms with Crippen LogP contribution in [-0.2, 0) is 24.1 Å². The lowest BCUT2D eigenvalue weighted by Gasteiger charge is -2.17. The first-order valence-corrected chi connectivity index (χ1v) is 13.3. The molecule has 7 heteroatoms. The van der Waals surface area contributed by atoms with Crippen molar-refractivity contribution in [1.29, 1.82) is 0 Å². The molecule has 1 aromatic carbocycles. The van der Waals surface area contributed by atoms with E-state index in [1.807, 2.05) is 26.0 Å². The van der Waals surface area contributed by atoms with Gasteiger partial charge in [-0.25, -0.2) is 0 Å². The van der Waals surface area contributed by atoms with Crippen LogP contribution in [0.25, 0.3) is 0 Å². The van der Waals surface area contributed by atoms with Gasteiger partial charge >= 0.3 is 0 Å². The molecular weight excluding hydrogens is 462 g/mol. The molecule has 0 aliphatic rings. The zero-order chi connectivity index (χ0) is 26.1. The molecule has 0 aliphatic heterocycles. The van der Waals surface area contributed by atoms with Gasteiger partial charge in [0.15, 0.2) is 5.78 Å². The molecule has 0 spiro atoms. The van der Waals surface area contributed by atoms with Gasteiger partial charge in [0.1, 0.15) is 25.1 Å². The quantitative estimate of drug-likeness (QED) is 0.332. The number of amides is 1. The molecule has 1 unspecified atom stereocenters. The molecule has 6 nitrogen and oxygen atoms in total. The van der Waals surface area contributed by atoms with Crippen LogP contribution in [0.15, 0.2) is 17.5 Å². The van der Waals surface area contributed by atoms with Gasteiger partial charge in [0.05, 0.1) is 4.88 Å². The van der Waals surface area contributed by atoms with E-state index < -0.39 is 18.6 Å². The molecule has 2 rings (SSSR count). The molecular formula is C28H41NO5S. The molecule has 2 aromatic rings. The summed E-state index contributed by atoms with van der Waals surface area (Å²) in [5.74, 6) is 1.44. The van der Waals surface area contributed by atoms with E-state index >= 15 is 0 Å². The van der Waals surface area contributed by atoms with Crippen LogP contribution in [0.3, 0.4) is 0 Å². The van der Waals surface area contributed by atoms with Crippen molar-refractivity contribution in [1.82, 2.24) is 5.32 Å². The van der Waals surface area contributed by atoms with Crippen LogP contribution >= 0.6 is 11.3 Å². The molecule has 35 heavy (non-hydrogen) atoms. The summed E-state index contributed by atoms with van der Waals surface area (Å²) in [6, 6.07) is 4.06. The third-order valence-corrected chi connectivity index (χ3v) is 6.85. The molecule has 1 heterocycles. The van der Waals surface area contributed by atoms with Crippen LogP contribution in [0.5, 0.6) is 5.75 Å². The number of Topliss-reactive ketones (excluding diaryl/α,β-unsaturated/α-hetero) is 1. The molecule has 1 atom stereocenters. The van der Waals surface area contributed by atoms with Crippen molar-refractivity contribution in [3.8, 4) is 5.75 Å². The van der Waals surface area contributed by atoms with Crippen LogP contribution < -0.4 is 10.1 Å². The Morgan fingerprint density at radius 1 is 1.06 bits per heavy atom. The summed E-state index contributed by atoms with van der Waals surface area (Å²) in [4.78, 5) is 25.2. The van der Waals surface area contributed by atoms with Crippen LogP contribution in [0, 0.1) is 25.7 Å². The molecule has 194 valence electrons. The van der Waals surface area contributed by atoms with Crippen molar-refractivity contribution < 1.29 is 24.5 Å². The van der Waals surface area contributed by atoms with Gasteiger partial charge in [-0.3, -0.25) is 9.59 Å². The number of ketones is 1. The fraction of sp³-hybridized carbons (Fsp3) is 0.571. The molecule has 0 saturated carbocycles. The van der Waals surface area contributed by atoms with E-state index in [-0.39, 0.29) is 18.9 Å². The molecule has 0 aliphatic carbocycles. The molecule has 0 fully saturated rings. The summed E-state index contributed by atoms with van der Waals surface area (Å²) in [6.07, 6.45) is 2.19. The summed E-state index contributed by atoms with van der Waals surface area (Å²) < 4.78 is 5.80. The number of carbonyl (C=O) groups excluding carboxylic acids is 2. The fourth-order valence-electron chi connectivity index (χ4n) is 4.20. The second-order valence-corrected chi connectivity index (χ2v) is 11.1. The number of nitrogens with one attached hydrogen (secondary N) is 1. The number of hydrogen-bond acceptors (Lipinski definition) is 6. The predicted molar refractivity (Wildman–Crippen MR) is 142 cm³/mol. The summed E-state index contributed by atoms with van der Waals surface area (Å²) in [5, 5.41) is 23.3. The minimum Gasteiger partial charge on any atom is -0.490 e. The number of rotatable bonds is 14. The van der Waals surface area contributed by atoms with Gasteiger partial charge in [0.25, 0.3) is 0 Å². The van der Waals surface area contributed by atoms with E-state index in [1.54, 1.807) is 11.3 Å². The van der Waals surface area contributed by atoms with Crippen LogP contribution in [0.2, 0.25) is 0 Å². The predicted octanol–water partition coefficient (Wildman–Crippen LogP) is 4.43. The number of aliphatic hydroxyl groups is 2. The Kier molecular flexibility index (Phi) is 11.4. The molecule has 0 saturated heterocycles. The van der Waals surface area contributed by atoms with Gasteiger partial charge in [-0.2, -0.15) is 0 Å². The Bertz CT molecular complexity index is 972. The van der Waals surface area contributed by atoms with Gasteiger partial charge in [-0.15, -0.1) is 11.3 Å². The van der Waals surface area contributed by atoms with Gasteiger partial charge in [-0.1, -0.05) is 39.8 Å². The second kappa shape index (κ2) is 13.8.